The normalized spacial score (nSPS) is 12.2. The summed E-state index contributed by atoms with van der Waals surface area (Å²) in [5.41, 5.74) is 0.995. The average molecular weight is 279 g/mol. The molecule has 0 spiro atoms. The van der Waals surface area contributed by atoms with Gasteiger partial charge in [0.2, 0.25) is 12.7 Å². The topological polar surface area (TPSA) is 76.1 Å². The Morgan fingerprint density at radius 2 is 2.00 bits per heavy atom. The monoisotopic (exact) mass is 279 g/mol. The second kappa shape index (κ2) is 6.27. The van der Waals surface area contributed by atoms with Crippen molar-refractivity contribution >= 4 is 11.9 Å². The molecule has 1 aromatic rings. The zero-order valence-corrected chi connectivity index (χ0v) is 11.3. The maximum Gasteiger partial charge on any atom is 0.305 e. The first-order valence-corrected chi connectivity index (χ1v) is 6.40. The van der Waals surface area contributed by atoms with Crippen LogP contribution in [-0.2, 0) is 16.0 Å². The Balaban J connectivity index is 1.82. The molecule has 20 heavy (non-hydrogen) atoms. The standard InChI is InChI=1S/C14H17NO5/c1-15(7-6-14(17)18)13(16)5-3-10-2-4-11-12(8-10)20-9-19-11/h2,4,8H,3,5-7,9H2,1H3,(H,17,18). The minimum atomic E-state index is -0.902. The summed E-state index contributed by atoms with van der Waals surface area (Å²) in [7, 11) is 1.62. The van der Waals surface area contributed by atoms with Gasteiger partial charge in [0.15, 0.2) is 11.5 Å². The zero-order valence-electron chi connectivity index (χ0n) is 11.3. The highest BCUT2D eigenvalue weighted by atomic mass is 16.7. The van der Waals surface area contributed by atoms with Gasteiger partial charge in [-0.1, -0.05) is 6.07 Å². The van der Waals surface area contributed by atoms with E-state index in [1.165, 1.54) is 4.90 Å². The number of hydrogen-bond acceptors (Lipinski definition) is 4. The van der Waals surface area contributed by atoms with Crippen LogP contribution in [-0.4, -0.2) is 42.3 Å². The van der Waals surface area contributed by atoms with Crippen LogP contribution in [0.15, 0.2) is 18.2 Å². The fourth-order valence-corrected chi connectivity index (χ4v) is 1.93. The van der Waals surface area contributed by atoms with Gasteiger partial charge in [0, 0.05) is 20.0 Å². The summed E-state index contributed by atoms with van der Waals surface area (Å²) in [5, 5.41) is 8.58. The summed E-state index contributed by atoms with van der Waals surface area (Å²) in [6.45, 7) is 0.463. The van der Waals surface area contributed by atoms with Crippen molar-refractivity contribution in [3.8, 4) is 11.5 Å². The SMILES string of the molecule is CN(CCC(=O)O)C(=O)CCc1ccc2c(c1)OCO2. The van der Waals surface area contributed by atoms with Gasteiger partial charge in [-0.2, -0.15) is 0 Å². The lowest BCUT2D eigenvalue weighted by Gasteiger charge is -2.15. The number of aryl methyl sites for hydroxylation is 1. The molecule has 0 aliphatic carbocycles. The Labute approximate surface area is 116 Å². The molecular weight excluding hydrogens is 262 g/mol. The number of fused-ring (bicyclic) bond motifs is 1. The number of carboxylic acid groups (broad SMARTS) is 1. The third-order valence-electron chi connectivity index (χ3n) is 3.15. The zero-order chi connectivity index (χ0) is 14.5. The van der Waals surface area contributed by atoms with E-state index in [2.05, 4.69) is 0 Å². The van der Waals surface area contributed by atoms with Crippen molar-refractivity contribution in [3.05, 3.63) is 23.8 Å². The third kappa shape index (κ3) is 3.63. The van der Waals surface area contributed by atoms with Gasteiger partial charge < -0.3 is 19.5 Å². The fourth-order valence-electron chi connectivity index (χ4n) is 1.93. The summed E-state index contributed by atoms with van der Waals surface area (Å²) in [6.07, 6.45) is 0.898. The van der Waals surface area contributed by atoms with Crippen molar-refractivity contribution in [1.82, 2.24) is 4.90 Å². The van der Waals surface area contributed by atoms with Crippen LogP contribution in [0.1, 0.15) is 18.4 Å². The van der Waals surface area contributed by atoms with Crippen molar-refractivity contribution in [3.63, 3.8) is 0 Å². The molecule has 6 heteroatoms. The molecule has 6 nitrogen and oxygen atoms in total. The van der Waals surface area contributed by atoms with Gasteiger partial charge in [-0.25, -0.2) is 0 Å². The van der Waals surface area contributed by atoms with E-state index in [1.54, 1.807) is 7.05 Å². The van der Waals surface area contributed by atoms with Crippen LogP contribution in [0, 0.1) is 0 Å². The molecule has 0 fully saturated rings. The molecule has 1 aliphatic heterocycles. The molecule has 1 N–H and O–H groups in total. The van der Waals surface area contributed by atoms with Crippen LogP contribution in [0.4, 0.5) is 0 Å². The number of aliphatic carboxylic acids is 1. The van der Waals surface area contributed by atoms with Gasteiger partial charge in [-0.15, -0.1) is 0 Å². The Bertz CT molecular complexity index is 514. The number of nitrogens with zero attached hydrogens (tertiary/aromatic N) is 1. The van der Waals surface area contributed by atoms with Crippen molar-refractivity contribution in [2.24, 2.45) is 0 Å². The van der Waals surface area contributed by atoms with Crippen molar-refractivity contribution in [2.75, 3.05) is 20.4 Å². The lowest BCUT2D eigenvalue weighted by atomic mass is 10.1. The third-order valence-corrected chi connectivity index (χ3v) is 3.15. The molecule has 0 saturated heterocycles. The first kappa shape index (κ1) is 14.2. The Morgan fingerprint density at radius 1 is 1.25 bits per heavy atom. The molecule has 0 atom stereocenters. The minimum absolute atomic E-state index is 0.0355. The Morgan fingerprint density at radius 3 is 2.75 bits per heavy atom. The molecule has 0 unspecified atom stereocenters. The predicted molar refractivity (Wildman–Crippen MR) is 70.8 cm³/mol. The van der Waals surface area contributed by atoms with E-state index in [0.717, 1.165) is 11.3 Å². The number of carboxylic acids is 1. The molecule has 1 aromatic carbocycles. The second-order valence-corrected chi connectivity index (χ2v) is 4.65. The summed E-state index contributed by atoms with van der Waals surface area (Å²) in [5.74, 6) is 0.456. The van der Waals surface area contributed by atoms with Gasteiger partial charge in [0.25, 0.3) is 0 Å². The molecular formula is C14H17NO5. The maximum absolute atomic E-state index is 11.8. The van der Waals surface area contributed by atoms with Gasteiger partial charge in [-0.05, 0) is 24.1 Å². The average Bonchev–Trinajstić information content (AvgIpc) is 2.89. The number of rotatable bonds is 6. The molecule has 108 valence electrons. The number of benzene rings is 1. The highest BCUT2D eigenvalue weighted by Crippen LogP contribution is 2.32. The smallest absolute Gasteiger partial charge is 0.305 e. The molecule has 1 heterocycles. The number of carbonyl (C=O) groups excluding carboxylic acids is 1. The highest BCUT2D eigenvalue weighted by molar-refractivity contribution is 5.77. The number of amides is 1. The van der Waals surface area contributed by atoms with Crippen LogP contribution < -0.4 is 9.47 Å². The second-order valence-electron chi connectivity index (χ2n) is 4.65. The largest absolute Gasteiger partial charge is 0.481 e. The maximum atomic E-state index is 11.8. The van der Waals surface area contributed by atoms with Crippen LogP contribution >= 0.6 is 0 Å². The molecule has 2 rings (SSSR count). The van der Waals surface area contributed by atoms with E-state index >= 15 is 0 Å². The lowest BCUT2D eigenvalue weighted by molar-refractivity contribution is -0.138. The van der Waals surface area contributed by atoms with E-state index in [-0.39, 0.29) is 25.7 Å². The fraction of sp³-hybridized carbons (Fsp3) is 0.429. The minimum Gasteiger partial charge on any atom is -0.481 e. The van der Waals surface area contributed by atoms with Crippen LogP contribution in [0.25, 0.3) is 0 Å². The molecule has 0 saturated carbocycles. The molecule has 1 amide bonds. The molecule has 0 radical (unpaired) electrons. The van der Waals surface area contributed by atoms with Gasteiger partial charge in [0.1, 0.15) is 0 Å². The Hall–Kier alpha value is -2.24. The summed E-state index contributed by atoms with van der Waals surface area (Å²) in [6, 6.07) is 5.60. The number of ether oxygens (including phenoxy) is 2. The number of hydrogen-bond donors (Lipinski definition) is 1. The molecule has 0 aromatic heterocycles. The number of carbonyl (C=O) groups is 2. The van der Waals surface area contributed by atoms with Crippen molar-refractivity contribution in [2.45, 2.75) is 19.3 Å². The highest BCUT2D eigenvalue weighted by Gasteiger charge is 2.14. The Kier molecular flexibility index (Phi) is 4.45. The van der Waals surface area contributed by atoms with Crippen LogP contribution in [0.3, 0.4) is 0 Å². The van der Waals surface area contributed by atoms with Crippen LogP contribution in [0.2, 0.25) is 0 Å². The van der Waals surface area contributed by atoms with Gasteiger partial charge in [0.05, 0.1) is 6.42 Å². The van der Waals surface area contributed by atoms with Gasteiger partial charge in [-0.3, -0.25) is 9.59 Å². The predicted octanol–water partition coefficient (Wildman–Crippen LogP) is 1.28. The summed E-state index contributed by atoms with van der Waals surface area (Å²) >= 11 is 0. The first-order chi connectivity index (χ1) is 9.56. The first-order valence-electron chi connectivity index (χ1n) is 6.40. The molecule has 1 aliphatic rings. The van der Waals surface area contributed by atoms with E-state index in [9.17, 15) is 9.59 Å². The van der Waals surface area contributed by atoms with E-state index < -0.39 is 5.97 Å². The molecule has 0 bridgehead atoms. The van der Waals surface area contributed by atoms with Crippen LogP contribution in [0.5, 0.6) is 11.5 Å². The quantitative estimate of drug-likeness (QED) is 0.849. The van der Waals surface area contributed by atoms with E-state index in [4.69, 9.17) is 14.6 Å². The summed E-state index contributed by atoms with van der Waals surface area (Å²) < 4.78 is 10.5. The van der Waals surface area contributed by atoms with Crippen molar-refractivity contribution < 1.29 is 24.2 Å². The summed E-state index contributed by atoms with van der Waals surface area (Å²) in [4.78, 5) is 23.7. The van der Waals surface area contributed by atoms with Crippen molar-refractivity contribution in [1.29, 1.82) is 0 Å². The lowest BCUT2D eigenvalue weighted by Crippen LogP contribution is -2.29. The van der Waals surface area contributed by atoms with E-state index in [0.29, 0.717) is 18.6 Å². The van der Waals surface area contributed by atoms with Gasteiger partial charge >= 0.3 is 5.97 Å². The van der Waals surface area contributed by atoms with E-state index in [1.807, 2.05) is 18.2 Å².